The summed E-state index contributed by atoms with van der Waals surface area (Å²) in [7, 11) is 0. The largest absolute Gasteiger partial charge is 0.370 e. The van der Waals surface area contributed by atoms with E-state index in [9.17, 15) is 4.79 Å². The molecule has 0 unspecified atom stereocenters. The van der Waals surface area contributed by atoms with E-state index in [-0.39, 0.29) is 24.3 Å². The molecule has 110 valence electrons. The second-order valence-corrected chi connectivity index (χ2v) is 4.05. The van der Waals surface area contributed by atoms with Gasteiger partial charge in [0.1, 0.15) is 0 Å². The topological polar surface area (TPSA) is 93.5 Å². The van der Waals surface area contributed by atoms with Gasteiger partial charge in [-0.3, -0.25) is 9.79 Å². The number of benzene rings is 1. The molecule has 0 radical (unpaired) electrons. The Morgan fingerprint density at radius 1 is 1.20 bits per heavy atom. The van der Waals surface area contributed by atoms with Crippen LogP contribution in [0.4, 0.5) is 0 Å². The number of nitrogens with two attached hydrogens (primary N) is 2. The first-order valence-corrected chi connectivity index (χ1v) is 6.25. The summed E-state index contributed by atoms with van der Waals surface area (Å²) in [4.78, 5) is 15.4. The van der Waals surface area contributed by atoms with E-state index in [2.05, 4.69) is 10.3 Å². The quantitative estimate of drug-likeness (QED) is 0.306. The van der Waals surface area contributed by atoms with Crippen molar-refractivity contribution in [2.24, 2.45) is 16.5 Å². The van der Waals surface area contributed by atoms with Gasteiger partial charge in [0.15, 0.2) is 5.96 Å². The van der Waals surface area contributed by atoms with Gasteiger partial charge < -0.3 is 16.8 Å². The van der Waals surface area contributed by atoms with Crippen molar-refractivity contribution in [1.82, 2.24) is 5.32 Å². The van der Waals surface area contributed by atoms with E-state index in [0.29, 0.717) is 13.1 Å². The maximum absolute atomic E-state index is 11.5. The van der Waals surface area contributed by atoms with E-state index >= 15 is 0 Å². The fourth-order valence-corrected chi connectivity index (χ4v) is 1.45. The Hall–Kier alpha value is -2.01. The molecule has 1 rings (SSSR count). The monoisotopic (exact) mass is 296 g/mol. The lowest BCUT2D eigenvalue weighted by Crippen LogP contribution is -2.24. The number of amides is 1. The molecule has 20 heavy (non-hydrogen) atoms. The number of carbonyl (C=O) groups excluding carboxylic acids is 1. The Morgan fingerprint density at radius 3 is 2.55 bits per heavy atom. The van der Waals surface area contributed by atoms with Gasteiger partial charge in [-0.05, 0) is 24.5 Å². The molecule has 0 heterocycles. The lowest BCUT2D eigenvalue weighted by atomic mass is 10.2. The number of halogens is 1. The second-order valence-electron chi connectivity index (χ2n) is 4.05. The Labute approximate surface area is 125 Å². The molecular weight excluding hydrogens is 276 g/mol. The van der Waals surface area contributed by atoms with Gasteiger partial charge >= 0.3 is 0 Å². The zero-order chi connectivity index (χ0) is 13.9. The van der Waals surface area contributed by atoms with Gasteiger partial charge in [-0.1, -0.05) is 30.3 Å². The van der Waals surface area contributed by atoms with Crippen LogP contribution in [-0.2, 0) is 4.79 Å². The maximum Gasteiger partial charge on any atom is 0.243 e. The maximum atomic E-state index is 11.5. The molecule has 1 amide bonds. The Bertz CT molecular complexity index is 442. The minimum Gasteiger partial charge on any atom is -0.370 e. The first kappa shape index (κ1) is 18.0. The van der Waals surface area contributed by atoms with E-state index < -0.39 is 0 Å². The van der Waals surface area contributed by atoms with E-state index in [1.54, 1.807) is 6.08 Å². The van der Waals surface area contributed by atoms with Crippen LogP contribution in [0.1, 0.15) is 18.4 Å². The van der Waals surface area contributed by atoms with Crippen LogP contribution in [0.15, 0.2) is 41.4 Å². The average molecular weight is 297 g/mol. The molecule has 0 atom stereocenters. The van der Waals surface area contributed by atoms with E-state index in [4.69, 9.17) is 11.5 Å². The first-order chi connectivity index (χ1) is 9.18. The highest BCUT2D eigenvalue weighted by molar-refractivity contribution is 5.91. The first-order valence-electron chi connectivity index (χ1n) is 6.25. The van der Waals surface area contributed by atoms with E-state index in [0.717, 1.165) is 18.4 Å². The number of aliphatic imine (C=N–C) groups is 1. The smallest absolute Gasteiger partial charge is 0.243 e. The molecule has 0 aromatic heterocycles. The van der Waals surface area contributed by atoms with Gasteiger partial charge in [-0.25, -0.2) is 0 Å². The highest BCUT2D eigenvalue weighted by Gasteiger charge is 1.94. The van der Waals surface area contributed by atoms with Crippen molar-refractivity contribution in [1.29, 1.82) is 0 Å². The van der Waals surface area contributed by atoms with Gasteiger partial charge in [0.2, 0.25) is 5.91 Å². The van der Waals surface area contributed by atoms with Crippen molar-refractivity contribution < 1.29 is 4.79 Å². The summed E-state index contributed by atoms with van der Waals surface area (Å²) in [6, 6.07) is 9.69. The molecule has 1 aromatic rings. The second kappa shape index (κ2) is 10.9. The van der Waals surface area contributed by atoms with Crippen LogP contribution in [0.3, 0.4) is 0 Å². The van der Waals surface area contributed by atoms with Crippen molar-refractivity contribution in [3.8, 4) is 0 Å². The average Bonchev–Trinajstić information content (AvgIpc) is 2.41. The third-order valence-corrected chi connectivity index (χ3v) is 2.41. The molecule has 0 aliphatic carbocycles. The number of rotatable bonds is 7. The number of nitrogens with zero attached hydrogens (tertiary/aromatic N) is 1. The molecular formula is C14H21ClN4O. The highest BCUT2D eigenvalue weighted by atomic mass is 35.5. The molecule has 0 aliphatic heterocycles. The summed E-state index contributed by atoms with van der Waals surface area (Å²) in [6.07, 6.45) is 5.02. The van der Waals surface area contributed by atoms with E-state index in [1.807, 2.05) is 30.3 Å². The van der Waals surface area contributed by atoms with Gasteiger partial charge in [-0.2, -0.15) is 0 Å². The number of carbonyl (C=O) groups is 1. The van der Waals surface area contributed by atoms with Crippen LogP contribution >= 0.6 is 12.4 Å². The van der Waals surface area contributed by atoms with Crippen molar-refractivity contribution in [2.45, 2.75) is 12.8 Å². The molecule has 0 aliphatic rings. The van der Waals surface area contributed by atoms with Crippen molar-refractivity contribution >= 4 is 30.3 Å². The molecule has 0 saturated heterocycles. The molecule has 0 saturated carbocycles. The lowest BCUT2D eigenvalue weighted by Gasteiger charge is -2.01. The summed E-state index contributed by atoms with van der Waals surface area (Å²) in [5, 5.41) is 2.80. The van der Waals surface area contributed by atoms with Gasteiger partial charge in [0, 0.05) is 19.2 Å². The number of hydrogen-bond acceptors (Lipinski definition) is 2. The minimum absolute atomic E-state index is 0. The number of hydrogen-bond donors (Lipinski definition) is 3. The van der Waals surface area contributed by atoms with Crippen molar-refractivity contribution in [3.63, 3.8) is 0 Å². The standard InChI is InChI=1S/C14H20N4O.ClH/c15-14(16)18-11-5-4-10-17-13(19)9-8-12-6-2-1-3-7-12;/h1-3,6-9H,4-5,10-11H2,(H,17,19)(H4,15,16,18);1H. The Kier molecular flexibility index (Phi) is 9.78. The fourth-order valence-electron chi connectivity index (χ4n) is 1.45. The summed E-state index contributed by atoms with van der Waals surface area (Å²) in [5.74, 6) is 0.0144. The number of guanidine groups is 1. The molecule has 5 nitrogen and oxygen atoms in total. The third-order valence-electron chi connectivity index (χ3n) is 2.41. The molecule has 0 spiro atoms. The Balaban J connectivity index is 0.00000361. The van der Waals surface area contributed by atoms with Crippen LogP contribution in [0.25, 0.3) is 6.08 Å². The van der Waals surface area contributed by atoms with Crippen LogP contribution in [0, 0.1) is 0 Å². The predicted octanol–water partition coefficient (Wildman–Crippen LogP) is 1.29. The summed E-state index contributed by atoms with van der Waals surface area (Å²) in [5.41, 5.74) is 11.4. The van der Waals surface area contributed by atoms with Crippen molar-refractivity contribution in [2.75, 3.05) is 13.1 Å². The predicted molar refractivity (Wildman–Crippen MR) is 85.6 cm³/mol. The summed E-state index contributed by atoms with van der Waals surface area (Å²) >= 11 is 0. The normalized spacial score (nSPS) is 9.80. The molecule has 0 bridgehead atoms. The van der Waals surface area contributed by atoms with Gasteiger partial charge in [-0.15, -0.1) is 12.4 Å². The highest BCUT2D eigenvalue weighted by Crippen LogP contribution is 2.00. The SMILES string of the molecule is Cl.NC(N)=NCCCCNC(=O)C=Cc1ccccc1. The molecule has 5 N–H and O–H groups in total. The van der Waals surface area contributed by atoms with Crippen molar-refractivity contribution in [3.05, 3.63) is 42.0 Å². The lowest BCUT2D eigenvalue weighted by molar-refractivity contribution is -0.116. The Morgan fingerprint density at radius 2 is 1.90 bits per heavy atom. The number of nitrogens with one attached hydrogen (secondary N) is 1. The third kappa shape index (κ3) is 8.99. The minimum atomic E-state index is -0.0920. The van der Waals surface area contributed by atoms with Gasteiger partial charge in [0.25, 0.3) is 0 Å². The summed E-state index contributed by atoms with van der Waals surface area (Å²) in [6.45, 7) is 1.22. The van der Waals surface area contributed by atoms with Crippen LogP contribution < -0.4 is 16.8 Å². The zero-order valence-corrected chi connectivity index (χ0v) is 12.1. The van der Waals surface area contributed by atoms with Crippen LogP contribution in [0.2, 0.25) is 0 Å². The van der Waals surface area contributed by atoms with Gasteiger partial charge in [0.05, 0.1) is 0 Å². The fraction of sp³-hybridized carbons (Fsp3) is 0.286. The van der Waals surface area contributed by atoms with Crippen LogP contribution in [0.5, 0.6) is 0 Å². The number of unbranched alkanes of at least 4 members (excludes halogenated alkanes) is 1. The van der Waals surface area contributed by atoms with Crippen LogP contribution in [-0.4, -0.2) is 25.0 Å². The van der Waals surface area contributed by atoms with E-state index in [1.165, 1.54) is 6.08 Å². The summed E-state index contributed by atoms with van der Waals surface area (Å²) < 4.78 is 0. The molecule has 6 heteroatoms. The zero-order valence-electron chi connectivity index (χ0n) is 11.3. The molecule has 1 aromatic carbocycles. The molecule has 0 fully saturated rings.